The number of para-hydroxylation sites is 1. The van der Waals surface area contributed by atoms with E-state index < -0.39 is 5.97 Å². The molecule has 18 heavy (non-hydrogen) atoms. The Kier molecular flexibility index (Phi) is 6.83. The Morgan fingerprint density at radius 1 is 1.28 bits per heavy atom. The van der Waals surface area contributed by atoms with Gasteiger partial charge in [0.2, 0.25) is 0 Å². The van der Waals surface area contributed by atoms with Crippen LogP contribution in [0.3, 0.4) is 0 Å². The molecule has 1 aromatic carbocycles. The fraction of sp³-hybridized carbons (Fsp3) is 0.462. The smallest absolute Gasteiger partial charge is 0.339 e. The molecule has 1 aromatic rings. The van der Waals surface area contributed by atoms with Gasteiger partial charge in [-0.3, -0.25) is 0 Å². The van der Waals surface area contributed by atoms with Crippen LogP contribution in [0.2, 0.25) is 0 Å². The van der Waals surface area contributed by atoms with E-state index >= 15 is 0 Å². The lowest BCUT2D eigenvalue weighted by molar-refractivity contribution is 0.0692. The van der Waals surface area contributed by atoms with Gasteiger partial charge in [0.25, 0.3) is 0 Å². The molecule has 0 heterocycles. The third-order valence-electron chi connectivity index (χ3n) is 2.36. The van der Waals surface area contributed by atoms with Gasteiger partial charge < -0.3 is 19.9 Å². The molecule has 0 fully saturated rings. The second-order valence-electron chi connectivity index (χ2n) is 3.75. The molecule has 5 nitrogen and oxygen atoms in total. The number of aromatic carboxylic acids is 1. The number of rotatable bonds is 9. The number of carboxylic acids is 1. The first kappa shape index (κ1) is 14.5. The molecule has 0 aliphatic carbocycles. The molecular weight excluding hydrogens is 234 g/mol. The SMILES string of the molecule is COCCCNCCOc1ccccc1C(=O)O. The standard InChI is InChI=1S/C13H19NO4/c1-17-9-4-7-14-8-10-18-12-6-3-2-5-11(12)13(15)16/h2-3,5-6,14H,4,7-10H2,1H3,(H,15,16). The lowest BCUT2D eigenvalue weighted by Gasteiger charge is -2.09. The van der Waals surface area contributed by atoms with Gasteiger partial charge in [0, 0.05) is 20.3 Å². The van der Waals surface area contributed by atoms with Crippen LogP contribution < -0.4 is 10.1 Å². The van der Waals surface area contributed by atoms with Crippen molar-refractivity contribution < 1.29 is 19.4 Å². The molecule has 0 saturated carbocycles. The van der Waals surface area contributed by atoms with Crippen LogP contribution in [-0.2, 0) is 4.74 Å². The maximum absolute atomic E-state index is 10.9. The minimum atomic E-state index is -0.973. The Hall–Kier alpha value is -1.59. The van der Waals surface area contributed by atoms with Gasteiger partial charge in [-0.25, -0.2) is 4.79 Å². The van der Waals surface area contributed by atoms with E-state index in [0.29, 0.717) is 18.9 Å². The summed E-state index contributed by atoms with van der Waals surface area (Å²) in [7, 11) is 1.67. The van der Waals surface area contributed by atoms with Crippen molar-refractivity contribution in [3.05, 3.63) is 29.8 Å². The van der Waals surface area contributed by atoms with Gasteiger partial charge >= 0.3 is 5.97 Å². The van der Waals surface area contributed by atoms with E-state index in [1.807, 2.05) is 0 Å². The van der Waals surface area contributed by atoms with Crippen LogP contribution in [0.15, 0.2) is 24.3 Å². The fourth-order valence-corrected chi connectivity index (χ4v) is 1.47. The number of carbonyl (C=O) groups is 1. The second kappa shape index (κ2) is 8.49. The van der Waals surface area contributed by atoms with Crippen molar-refractivity contribution >= 4 is 5.97 Å². The van der Waals surface area contributed by atoms with Gasteiger partial charge in [0.05, 0.1) is 0 Å². The largest absolute Gasteiger partial charge is 0.491 e. The number of nitrogens with one attached hydrogen (secondary N) is 1. The van der Waals surface area contributed by atoms with E-state index in [2.05, 4.69) is 5.32 Å². The summed E-state index contributed by atoms with van der Waals surface area (Å²) in [5.74, 6) is -0.567. The number of ether oxygens (including phenoxy) is 2. The third-order valence-corrected chi connectivity index (χ3v) is 2.36. The Morgan fingerprint density at radius 3 is 2.78 bits per heavy atom. The van der Waals surface area contributed by atoms with Crippen molar-refractivity contribution in [2.75, 3.05) is 33.4 Å². The van der Waals surface area contributed by atoms with Gasteiger partial charge in [-0.15, -0.1) is 0 Å². The summed E-state index contributed by atoms with van der Waals surface area (Å²) in [5.41, 5.74) is 0.192. The molecule has 0 aliphatic rings. The van der Waals surface area contributed by atoms with Gasteiger partial charge in [-0.05, 0) is 25.1 Å². The monoisotopic (exact) mass is 253 g/mol. The van der Waals surface area contributed by atoms with Crippen LogP contribution in [0.1, 0.15) is 16.8 Å². The average Bonchev–Trinajstić information content (AvgIpc) is 2.38. The van der Waals surface area contributed by atoms with Crippen molar-refractivity contribution in [3.63, 3.8) is 0 Å². The molecule has 0 aliphatic heterocycles. The normalized spacial score (nSPS) is 10.3. The Morgan fingerprint density at radius 2 is 2.06 bits per heavy atom. The molecule has 100 valence electrons. The summed E-state index contributed by atoms with van der Waals surface area (Å²) >= 11 is 0. The summed E-state index contributed by atoms with van der Waals surface area (Å²) in [6.45, 7) is 2.71. The number of benzene rings is 1. The van der Waals surface area contributed by atoms with Crippen LogP contribution in [0.4, 0.5) is 0 Å². The lowest BCUT2D eigenvalue weighted by Crippen LogP contribution is -2.23. The predicted molar refractivity (Wildman–Crippen MR) is 68.3 cm³/mol. The highest BCUT2D eigenvalue weighted by atomic mass is 16.5. The topological polar surface area (TPSA) is 67.8 Å². The molecule has 0 saturated heterocycles. The number of carboxylic acid groups (broad SMARTS) is 1. The number of hydrogen-bond donors (Lipinski definition) is 2. The van der Waals surface area contributed by atoms with E-state index in [9.17, 15) is 4.79 Å². The maximum Gasteiger partial charge on any atom is 0.339 e. The van der Waals surface area contributed by atoms with Crippen molar-refractivity contribution in [2.45, 2.75) is 6.42 Å². The molecule has 0 atom stereocenters. The Bertz CT molecular complexity index is 368. The van der Waals surface area contributed by atoms with Crippen LogP contribution in [0.25, 0.3) is 0 Å². The molecule has 0 aromatic heterocycles. The van der Waals surface area contributed by atoms with Gasteiger partial charge in [-0.2, -0.15) is 0 Å². The average molecular weight is 253 g/mol. The predicted octanol–water partition coefficient (Wildman–Crippen LogP) is 1.39. The molecule has 0 spiro atoms. The molecule has 0 bridgehead atoms. The van der Waals surface area contributed by atoms with E-state index in [4.69, 9.17) is 14.6 Å². The highest BCUT2D eigenvalue weighted by molar-refractivity contribution is 5.90. The van der Waals surface area contributed by atoms with E-state index in [1.54, 1.807) is 25.3 Å². The van der Waals surface area contributed by atoms with E-state index in [-0.39, 0.29) is 5.56 Å². The summed E-state index contributed by atoms with van der Waals surface area (Å²) in [6.07, 6.45) is 0.947. The molecular formula is C13H19NO4. The number of hydrogen-bond acceptors (Lipinski definition) is 4. The summed E-state index contributed by atoms with van der Waals surface area (Å²) in [4.78, 5) is 10.9. The van der Waals surface area contributed by atoms with Gasteiger partial charge in [0.1, 0.15) is 17.9 Å². The van der Waals surface area contributed by atoms with Crippen LogP contribution in [-0.4, -0.2) is 44.5 Å². The first-order valence-electron chi connectivity index (χ1n) is 5.90. The van der Waals surface area contributed by atoms with Crippen molar-refractivity contribution in [3.8, 4) is 5.75 Å². The first-order valence-corrected chi connectivity index (χ1v) is 5.90. The second-order valence-corrected chi connectivity index (χ2v) is 3.75. The molecule has 5 heteroatoms. The molecule has 1 rings (SSSR count). The molecule has 0 amide bonds. The summed E-state index contributed by atoms with van der Waals surface area (Å²) < 4.78 is 10.4. The molecule has 0 unspecified atom stereocenters. The quantitative estimate of drug-likeness (QED) is 0.651. The minimum Gasteiger partial charge on any atom is -0.491 e. The van der Waals surface area contributed by atoms with Crippen LogP contribution in [0.5, 0.6) is 5.75 Å². The minimum absolute atomic E-state index is 0.192. The van der Waals surface area contributed by atoms with E-state index in [1.165, 1.54) is 6.07 Å². The van der Waals surface area contributed by atoms with Crippen molar-refractivity contribution in [2.24, 2.45) is 0 Å². The zero-order valence-corrected chi connectivity index (χ0v) is 10.5. The van der Waals surface area contributed by atoms with Crippen LogP contribution >= 0.6 is 0 Å². The van der Waals surface area contributed by atoms with Crippen molar-refractivity contribution in [1.82, 2.24) is 5.32 Å². The zero-order chi connectivity index (χ0) is 13.2. The van der Waals surface area contributed by atoms with Crippen molar-refractivity contribution in [1.29, 1.82) is 0 Å². The Balaban J connectivity index is 2.25. The highest BCUT2D eigenvalue weighted by Crippen LogP contribution is 2.17. The lowest BCUT2D eigenvalue weighted by atomic mass is 10.2. The first-order chi connectivity index (χ1) is 8.75. The molecule has 0 radical (unpaired) electrons. The fourth-order valence-electron chi connectivity index (χ4n) is 1.47. The van der Waals surface area contributed by atoms with E-state index in [0.717, 1.165) is 19.6 Å². The Labute approximate surface area is 107 Å². The third kappa shape index (κ3) is 5.16. The maximum atomic E-state index is 10.9. The summed E-state index contributed by atoms with van der Waals surface area (Å²) in [5, 5.41) is 12.1. The molecule has 2 N–H and O–H groups in total. The number of methoxy groups -OCH3 is 1. The zero-order valence-electron chi connectivity index (χ0n) is 10.5. The van der Waals surface area contributed by atoms with Gasteiger partial charge in [-0.1, -0.05) is 12.1 Å². The van der Waals surface area contributed by atoms with Gasteiger partial charge in [0.15, 0.2) is 0 Å². The van der Waals surface area contributed by atoms with Crippen LogP contribution in [0, 0.1) is 0 Å². The highest BCUT2D eigenvalue weighted by Gasteiger charge is 2.09. The summed E-state index contributed by atoms with van der Waals surface area (Å²) in [6, 6.07) is 6.63.